The Morgan fingerprint density at radius 2 is 2.00 bits per heavy atom. The third kappa shape index (κ3) is 4.31. The number of fused-ring (bicyclic) bond motifs is 1. The molecule has 7 heteroatoms. The molecule has 2 aromatic carbocycles. The average molecular weight is 355 g/mol. The molecule has 3 rings (SSSR count). The fourth-order valence-electron chi connectivity index (χ4n) is 2.03. The smallest absolute Gasteiger partial charge is 0.256 e. The molecule has 0 unspecified atom stereocenters. The first kappa shape index (κ1) is 16.4. The first-order valence-electron chi connectivity index (χ1n) is 7.19. The Morgan fingerprint density at radius 3 is 2.75 bits per heavy atom. The predicted octanol–water partition coefficient (Wildman–Crippen LogP) is 4.52. The van der Waals surface area contributed by atoms with Gasteiger partial charge >= 0.3 is 0 Å². The van der Waals surface area contributed by atoms with E-state index in [1.807, 2.05) is 29.7 Å². The molecular formula is C17H13N3O2S2. The molecule has 3 aromatic rings. The van der Waals surface area contributed by atoms with Crippen LogP contribution < -0.4 is 5.32 Å². The van der Waals surface area contributed by atoms with E-state index < -0.39 is 0 Å². The Hall–Kier alpha value is -2.43. The monoisotopic (exact) mass is 355 g/mol. The molecule has 0 aliphatic rings. The number of hydrogen-bond acceptors (Lipinski definition) is 6. The summed E-state index contributed by atoms with van der Waals surface area (Å²) in [5.74, 6) is 0.514. The van der Waals surface area contributed by atoms with E-state index in [1.165, 1.54) is 11.8 Å². The summed E-state index contributed by atoms with van der Waals surface area (Å²) in [5, 5.41) is 14.0. The van der Waals surface area contributed by atoms with Gasteiger partial charge in [0.1, 0.15) is 10.9 Å². The van der Waals surface area contributed by atoms with E-state index in [2.05, 4.69) is 10.3 Å². The number of hydrogen-bond donors (Lipinski definition) is 1. The van der Waals surface area contributed by atoms with Gasteiger partial charge in [-0.05, 0) is 48.2 Å². The van der Waals surface area contributed by atoms with Crippen molar-refractivity contribution < 1.29 is 9.21 Å². The molecule has 0 aliphatic heterocycles. The largest absolute Gasteiger partial charge is 0.431 e. The van der Waals surface area contributed by atoms with Crippen molar-refractivity contribution in [2.24, 2.45) is 0 Å². The summed E-state index contributed by atoms with van der Waals surface area (Å²) in [6.45, 7) is 0. The maximum atomic E-state index is 12.0. The molecular weight excluding hydrogens is 342 g/mol. The van der Waals surface area contributed by atoms with Crippen LogP contribution in [-0.4, -0.2) is 16.6 Å². The number of nitriles is 1. The molecule has 0 aliphatic carbocycles. The average Bonchev–Trinajstić information content (AvgIpc) is 2.99. The minimum absolute atomic E-state index is 0.0701. The maximum absolute atomic E-state index is 12.0. The standard InChI is InChI=1S/C17H13N3O2S2/c18-11-24-13-7-5-12(6-8-13)19-16(21)9-10-23-17-20-14-3-1-2-4-15(14)22-17/h1-8H,9-10H2,(H,19,21). The Labute approximate surface area is 147 Å². The highest BCUT2D eigenvalue weighted by molar-refractivity contribution is 8.03. The van der Waals surface area contributed by atoms with E-state index in [-0.39, 0.29) is 5.91 Å². The highest BCUT2D eigenvalue weighted by Crippen LogP contribution is 2.24. The summed E-state index contributed by atoms with van der Waals surface area (Å²) in [5.41, 5.74) is 2.29. The lowest BCUT2D eigenvalue weighted by Crippen LogP contribution is -2.12. The highest BCUT2D eigenvalue weighted by atomic mass is 32.2. The first-order chi connectivity index (χ1) is 11.7. The van der Waals surface area contributed by atoms with Gasteiger partial charge < -0.3 is 9.73 Å². The van der Waals surface area contributed by atoms with E-state index in [0.29, 0.717) is 23.1 Å². The molecule has 0 fully saturated rings. The molecule has 1 N–H and O–H groups in total. The van der Waals surface area contributed by atoms with E-state index in [4.69, 9.17) is 9.68 Å². The van der Waals surface area contributed by atoms with E-state index in [1.54, 1.807) is 24.3 Å². The van der Waals surface area contributed by atoms with Crippen LogP contribution in [0.25, 0.3) is 11.1 Å². The number of aromatic nitrogens is 1. The molecule has 0 atom stereocenters. The number of benzene rings is 2. The molecule has 1 amide bonds. The second-order valence-electron chi connectivity index (χ2n) is 4.81. The van der Waals surface area contributed by atoms with Crippen LogP contribution in [0.3, 0.4) is 0 Å². The summed E-state index contributed by atoms with van der Waals surface area (Å²) < 4.78 is 5.60. The van der Waals surface area contributed by atoms with E-state index in [9.17, 15) is 4.79 Å². The minimum Gasteiger partial charge on any atom is -0.431 e. The topological polar surface area (TPSA) is 78.9 Å². The Balaban J connectivity index is 1.47. The summed E-state index contributed by atoms with van der Waals surface area (Å²) >= 11 is 2.50. The van der Waals surface area contributed by atoms with Crippen LogP contribution in [0, 0.1) is 10.7 Å². The van der Waals surface area contributed by atoms with Gasteiger partial charge in [0.2, 0.25) is 5.91 Å². The quantitative estimate of drug-likeness (QED) is 0.517. The molecule has 5 nitrogen and oxygen atoms in total. The van der Waals surface area contributed by atoms with Gasteiger partial charge in [0, 0.05) is 22.8 Å². The second kappa shape index (κ2) is 7.90. The number of carbonyl (C=O) groups is 1. The number of oxazole rings is 1. The minimum atomic E-state index is -0.0701. The van der Waals surface area contributed by atoms with Crippen molar-refractivity contribution in [2.45, 2.75) is 16.5 Å². The van der Waals surface area contributed by atoms with Gasteiger partial charge in [-0.15, -0.1) is 0 Å². The van der Waals surface area contributed by atoms with Crippen LogP contribution in [-0.2, 0) is 4.79 Å². The number of thiocyanates is 1. The van der Waals surface area contributed by atoms with Gasteiger partial charge in [-0.3, -0.25) is 4.79 Å². The fraction of sp³-hybridized carbons (Fsp3) is 0.118. The molecule has 0 radical (unpaired) electrons. The third-order valence-electron chi connectivity index (χ3n) is 3.13. The van der Waals surface area contributed by atoms with Crippen molar-refractivity contribution >= 4 is 46.2 Å². The normalized spacial score (nSPS) is 10.5. The molecule has 0 spiro atoms. The summed E-state index contributed by atoms with van der Waals surface area (Å²) in [4.78, 5) is 17.2. The Bertz CT molecular complexity index is 852. The van der Waals surface area contributed by atoms with E-state index in [0.717, 1.165) is 27.8 Å². The van der Waals surface area contributed by atoms with Gasteiger partial charge in [-0.1, -0.05) is 23.9 Å². The molecule has 120 valence electrons. The number of carbonyl (C=O) groups excluding carboxylic acids is 1. The molecule has 1 aromatic heterocycles. The SMILES string of the molecule is N#CSc1ccc(NC(=O)CCSc2nc3ccccc3o2)cc1. The van der Waals surface area contributed by atoms with Crippen molar-refractivity contribution in [3.05, 3.63) is 48.5 Å². The lowest BCUT2D eigenvalue weighted by molar-refractivity contribution is -0.115. The zero-order chi connectivity index (χ0) is 16.8. The van der Waals surface area contributed by atoms with Crippen LogP contribution in [0.5, 0.6) is 0 Å². The highest BCUT2D eigenvalue weighted by Gasteiger charge is 2.08. The van der Waals surface area contributed by atoms with Crippen LogP contribution in [0.1, 0.15) is 6.42 Å². The van der Waals surface area contributed by atoms with Gasteiger partial charge in [-0.2, -0.15) is 5.26 Å². The molecule has 1 heterocycles. The Morgan fingerprint density at radius 1 is 1.21 bits per heavy atom. The van der Waals surface area contributed by atoms with Gasteiger partial charge in [0.05, 0.1) is 0 Å². The van der Waals surface area contributed by atoms with Crippen molar-refractivity contribution in [3.63, 3.8) is 0 Å². The molecule has 0 saturated carbocycles. The van der Waals surface area contributed by atoms with Crippen LogP contribution in [0.15, 0.2) is 63.1 Å². The lowest BCUT2D eigenvalue weighted by atomic mass is 10.3. The van der Waals surface area contributed by atoms with Gasteiger partial charge in [0.15, 0.2) is 5.58 Å². The van der Waals surface area contributed by atoms with Crippen molar-refractivity contribution in [1.29, 1.82) is 5.26 Å². The van der Waals surface area contributed by atoms with Crippen molar-refractivity contribution in [2.75, 3.05) is 11.1 Å². The lowest BCUT2D eigenvalue weighted by Gasteiger charge is -2.04. The Kier molecular flexibility index (Phi) is 5.41. The number of anilines is 1. The number of rotatable bonds is 6. The molecule has 0 bridgehead atoms. The fourth-order valence-corrected chi connectivity index (χ4v) is 3.18. The van der Waals surface area contributed by atoms with E-state index >= 15 is 0 Å². The van der Waals surface area contributed by atoms with Crippen LogP contribution in [0.4, 0.5) is 5.69 Å². The summed E-state index contributed by atoms with van der Waals surface area (Å²) in [6, 6.07) is 14.7. The first-order valence-corrected chi connectivity index (χ1v) is 8.99. The second-order valence-corrected chi connectivity index (χ2v) is 6.72. The third-order valence-corrected chi connectivity index (χ3v) is 4.56. The molecule has 24 heavy (non-hydrogen) atoms. The number of nitrogens with one attached hydrogen (secondary N) is 1. The van der Waals surface area contributed by atoms with Crippen LogP contribution in [0.2, 0.25) is 0 Å². The molecule has 0 saturated heterocycles. The van der Waals surface area contributed by atoms with Gasteiger partial charge in [-0.25, -0.2) is 4.98 Å². The zero-order valence-electron chi connectivity index (χ0n) is 12.6. The predicted molar refractivity (Wildman–Crippen MR) is 95.9 cm³/mol. The van der Waals surface area contributed by atoms with Crippen molar-refractivity contribution in [1.82, 2.24) is 4.98 Å². The van der Waals surface area contributed by atoms with Gasteiger partial charge in [0.25, 0.3) is 5.22 Å². The number of nitrogens with zero attached hydrogens (tertiary/aromatic N) is 2. The zero-order valence-corrected chi connectivity index (χ0v) is 14.2. The van der Waals surface area contributed by atoms with Crippen LogP contribution >= 0.6 is 23.5 Å². The summed E-state index contributed by atoms with van der Waals surface area (Å²) in [7, 11) is 0. The summed E-state index contributed by atoms with van der Waals surface area (Å²) in [6.07, 6.45) is 0.359. The maximum Gasteiger partial charge on any atom is 0.256 e. The number of para-hydroxylation sites is 2. The number of amides is 1. The number of thioether (sulfide) groups is 2. The van der Waals surface area contributed by atoms with Crippen molar-refractivity contribution in [3.8, 4) is 5.40 Å².